The largest absolute Gasteiger partial charge is 0.342 e. The summed E-state index contributed by atoms with van der Waals surface area (Å²) in [5, 5.41) is 0. The third-order valence-electron chi connectivity index (χ3n) is 2.79. The van der Waals surface area contributed by atoms with Gasteiger partial charge in [0.25, 0.3) is 0 Å². The topological polar surface area (TPSA) is 3.24 Å². The maximum Gasteiger partial charge on any atom is 0.0474 e. The lowest BCUT2D eigenvalue weighted by Crippen LogP contribution is -2.15. The van der Waals surface area contributed by atoms with Crippen molar-refractivity contribution in [1.82, 2.24) is 0 Å². The average molecular weight is 246 g/mol. The van der Waals surface area contributed by atoms with Crippen LogP contribution < -0.4 is 4.90 Å². The summed E-state index contributed by atoms with van der Waals surface area (Å²) in [4.78, 5) is 2.28. The minimum absolute atomic E-state index is 0.567. The quantitative estimate of drug-likeness (QED) is 0.713. The van der Waals surface area contributed by atoms with E-state index in [2.05, 4.69) is 60.4 Å². The molecule has 1 nitrogen and oxygen atoms in total. The minimum Gasteiger partial charge on any atom is -0.342 e. The third-order valence-corrected chi connectivity index (χ3v) is 3.10. The van der Waals surface area contributed by atoms with Gasteiger partial charge in [0.2, 0.25) is 0 Å². The summed E-state index contributed by atoms with van der Waals surface area (Å²) in [6, 6.07) is 18.8. The van der Waals surface area contributed by atoms with Crippen LogP contribution in [-0.4, -0.2) is 6.54 Å². The molecule has 0 aliphatic rings. The van der Waals surface area contributed by atoms with E-state index in [1.807, 2.05) is 6.07 Å². The highest BCUT2D eigenvalue weighted by Crippen LogP contribution is 2.25. The van der Waals surface area contributed by atoms with Crippen molar-refractivity contribution in [3.8, 4) is 0 Å². The normalized spacial score (nSPS) is 10.2. The molecule has 0 heterocycles. The summed E-state index contributed by atoms with van der Waals surface area (Å²) in [5.41, 5.74) is 3.57. The molecule has 88 valence electrons. The Hall–Kier alpha value is -1.47. The molecule has 0 unspecified atom stereocenters. The van der Waals surface area contributed by atoms with Crippen molar-refractivity contribution in [3.63, 3.8) is 0 Å². The average Bonchev–Trinajstić information content (AvgIpc) is 2.42. The van der Waals surface area contributed by atoms with E-state index in [4.69, 9.17) is 11.6 Å². The van der Waals surface area contributed by atoms with Crippen molar-refractivity contribution in [2.45, 2.75) is 12.8 Å². The fraction of sp³-hybridized carbons (Fsp3) is 0.200. The van der Waals surface area contributed by atoms with Gasteiger partial charge in [0, 0.05) is 23.8 Å². The zero-order chi connectivity index (χ0) is 12.1. The molecule has 0 spiro atoms. The molecule has 0 aliphatic carbocycles. The molecule has 0 amide bonds. The number of benzene rings is 2. The van der Waals surface area contributed by atoms with Crippen molar-refractivity contribution >= 4 is 23.0 Å². The van der Waals surface area contributed by atoms with Crippen molar-refractivity contribution in [2.75, 3.05) is 11.4 Å². The number of halogens is 1. The Morgan fingerprint density at radius 1 is 0.882 bits per heavy atom. The molecule has 2 aromatic rings. The molecule has 0 radical (unpaired) electrons. The van der Waals surface area contributed by atoms with Crippen molar-refractivity contribution in [3.05, 3.63) is 60.2 Å². The molecule has 0 aliphatic heterocycles. The summed E-state index contributed by atoms with van der Waals surface area (Å²) < 4.78 is 0. The van der Waals surface area contributed by atoms with Crippen LogP contribution in [0.15, 0.2) is 54.6 Å². The van der Waals surface area contributed by atoms with Gasteiger partial charge in [-0.3, -0.25) is 0 Å². The van der Waals surface area contributed by atoms with Gasteiger partial charge >= 0.3 is 0 Å². The van der Waals surface area contributed by atoms with Crippen molar-refractivity contribution < 1.29 is 0 Å². The monoisotopic (exact) mass is 245 g/mol. The first-order valence-corrected chi connectivity index (χ1v) is 6.36. The van der Waals surface area contributed by atoms with Gasteiger partial charge in [0.15, 0.2) is 0 Å². The van der Waals surface area contributed by atoms with Crippen molar-refractivity contribution in [1.29, 1.82) is 0 Å². The summed E-state index contributed by atoms with van der Waals surface area (Å²) in [5.74, 6) is 0.567. The highest BCUT2D eigenvalue weighted by Gasteiger charge is 2.05. The number of para-hydroxylation sites is 1. The Bertz CT molecular complexity index is 450. The van der Waals surface area contributed by atoms with Crippen LogP contribution in [0.5, 0.6) is 0 Å². The van der Waals surface area contributed by atoms with Crippen LogP contribution >= 0.6 is 11.6 Å². The Morgan fingerprint density at radius 2 is 1.47 bits per heavy atom. The van der Waals surface area contributed by atoms with Crippen LogP contribution in [-0.2, 0) is 5.88 Å². The van der Waals surface area contributed by atoms with Gasteiger partial charge in [-0.1, -0.05) is 30.3 Å². The van der Waals surface area contributed by atoms with E-state index >= 15 is 0 Å². The van der Waals surface area contributed by atoms with Gasteiger partial charge in [0.1, 0.15) is 0 Å². The Labute approximate surface area is 108 Å². The summed E-state index contributed by atoms with van der Waals surface area (Å²) in [7, 11) is 0. The minimum atomic E-state index is 0.567. The van der Waals surface area contributed by atoms with Crippen LogP contribution in [0.4, 0.5) is 11.4 Å². The Morgan fingerprint density at radius 3 is 2.00 bits per heavy atom. The van der Waals surface area contributed by atoms with E-state index in [1.54, 1.807) is 0 Å². The van der Waals surface area contributed by atoms with Crippen LogP contribution in [0.2, 0.25) is 0 Å². The van der Waals surface area contributed by atoms with E-state index < -0.39 is 0 Å². The lowest BCUT2D eigenvalue weighted by molar-refractivity contribution is 1.02. The first kappa shape index (κ1) is 12.0. The van der Waals surface area contributed by atoms with Gasteiger partial charge in [-0.25, -0.2) is 0 Å². The maximum absolute atomic E-state index is 5.80. The van der Waals surface area contributed by atoms with Gasteiger partial charge in [-0.15, -0.1) is 11.6 Å². The Balaban J connectivity index is 2.29. The second-order valence-corrected chi connectivity index (χ2v) is 4.15. The zero-order valence-corrected chi connectivity index (χ0v) is 10.7. The number of rotatable bonds is 4. The number of nitrogens with zero attached hydrogens (tertiary/aromatic N) is 1. The van der Waals surface area contributed by atoms with Gasteiger partial charge in [-0.05, 0) is 36.8 Å². The molecule has 0 aromatic heterocycles. The molecule has 2 aromatic carbocycles. The smallest absolute Gasteiger partial charge is 0.0474 e. The molecule has 2 heteroatoms. The molecule has 17 heavy (non-hydrogen) atoms. The van der Waals surface area contributed by atoms with E-state index in [-0.39, 0.29) is 0 Å². The highest BCUT2D eigenvalue weighted by molar-refractivity contribution is 6.17. The van der Waals surface area contributed by atoms with Gasteiger partial charge in [0.05, 0.1) is 0 Å². The first-order chi connectivity index (χ1) is 8.35. The lowest BCUT2D eigenvalue weighted by Gasteiger charge is -2.23. The fourth-order valence-electron chi connectivity index (χ4n) is 1.89. The van der Waals surface area contributed by atoms with Crippen LogP contribution in [0.25, 0.3) is 0 Å². The van der Waals surface area contributed by atoms with Crippen LogP contribution in [0.1, 0.15) is 12.5 Å². The second kappa shape index (κ2) is 5.74. The molecule has 0 bridgehead atoms. The van der Waals surface area contributed by atoms with E-state index in [1.165, 1.54) is 11.4 Å². The van der Waals surface area contributed by atoms with E-state index in [0.29, 0.717) is 5.88 Å². The van der Waals surface area contributed by atoms with Crippen LogP contribution in [0, 0.1) is 0 Å². The predicted molar refractivity (Wildman–Crippen MR) is 75.1 cm³/mol. The fourth-order valence-corrected chi connectivity index (χ4v) is 2.07. The molecule has 2 rings (SSSR count). The molecule has 0 fully saturated rings. The molecule has 0 atom stereocenters. The maximum atomic E-state index is 5.80. The number of hydrogen-bond donors (Lipinski definition) is 0. The first-order valence-electron chi connectivity index (χ1n) is 5.82. The number of alkyl halides is 1. The lowest BCUT2D eigenvalue weighted by atomic mass is 10.2. The van der Waals surface area contributed by atoms with Gasteiger partial charge in [-0.2, -0.15) is 0 Å². The third kappa shape index (κ3) is 2.80. The molecular weight excluding hydrogens is 230 g/mol. The predicted octanol–water partition coefficient (Wildman–Crippen LogP) is 4.58. The zero-order valence-electron chi connectivity index (χ0n) is 9.94. The standard InChI is InChI=1S/C15H16ClN/c1-2-17(14-6-4-3-5-7-14)15-10-8-13(12-16)9-11-15/h3-11H,2,12H2,1H3. The molecule has 0 saturated heterocycles. The number of anilines is 2. The summed E-state index contributed by atoms with van der Waals surface area (Å²) in [6.07, 6.45) is 0. The van der Waals surface area contributed by atoms with Crippen LogP contribution in [0.3, 0.4) is 0 Å². The molecule has 0 saturated carbocycles. The Kier molecular flexibility index (Phi) is 4.05. The van der Waals surface area contributed by atoms with Crippen molar-refractivity contribution in [2.24, 2.45) is 0 Å². The number of hydrogen-bond acceptors (Lipinski definition) is 1. The van der Waals surface area contributed by atoms with E-state index in [0.717, 1.165) is 12.1 Å². The van der Waals surface area contributed by atoms with E-state index in [9.17, 15) is 0 Å². The summed E-state index contributed by atoms with van der Waals surface area (Å²) in [6.45, 7) is 3.10. The molecular formula is C15H16ClN. The summed E-state index contributed by atoms with van der Waals surface area (Å²) >= 11 is 5.80. The highest BCUT2D eigenvalue weighted by atomic mass is 35.5. The molecule has 0 N–H and O–H groups in total. The SMILES string of the molecule is CCN(c1ccccc1)c1ccc(CCl)cc1. The second-order valence-electron chi connectivity index (χ2n) is 3.88. The van der Waals surface area contributed by atoms with Gasteiger partial charge < -0.3 is 4.90 Å².